The summed E-state index contributed by atoms with van der Waals surface area (Å²) >= 11 is 13.0. The lowest BCUT2D eigenvalue weighted by Gasteiger charge is -2.22. The topological polar surface area (TPSA) is 49.9 Å². The zero-order valence-electron chi connectivity index (χ0n) is 13.9. The van der Waals surface area contributed by atoms with Crippen LogP contribution in [0.2, 0.25) is 10.0 Å². The summed E-state index contributed by atoms with van der Waals surface area (Å²) in [4.78, 5) is 0. The Morgan fingerprint density at radius 1 is 1.12 bits per heavy atom. The number of rotatable bonds is 5. The predicted octanol–water partition coefficient (Wildman–Crippen LogP) is 4.53. The molecule has 25 heavy (non-hydrogen) atoms. The van der Waals surface area contributed by atoms with E-state index in [1.165, 1.54) is 19.3 Å². The van der Waals surface area contributed by atoms with Crippen LogP contribution in [-0.2, 0) is 11.3 Å². The highest BCUT2D eigenvalue weighted by molar-refractivity contribution is 6.39. The van der Waals surface area contributed by atoms with Gasteiger partial charge < -0.3 is 10.1 Å². The van der Waals surface area contributed by atoms with E-state index >= 15 is 0 Å². The molecule has 3 fully saturated rings. The zero-order chi connectivity index (χ0) is 17.0. The van der Waals surface area contributed by atoms with E-state index in [0.717, 1.165) is 35.5 Å². The van der Waals surface area contributed by atoms with Crippen molar-refractivity contribution in [2.45, 2.75) is 50.4 Å². The van der Waals surface area contributed by atoms with Gasteiger partial charge in [0.05, 0.1) is 34.1 Å². The molecule has 4 nitrogen and oxygen atoms in total. The number of benzene rings is 1. The second kappa shape index (κ2) is 6.27. The van der Waals surface area contributed by atoms with Gasteiger partial charge in [0.25, 0.3) is 0 Å². The van der Waals surface area contributed by atoms with Crippen molar-refractivity contribution in [3.05, 3.63) is 39.6 Å². The van der Waals surface area contributed by atoms with Crippen LogP contribution in [0.1, 0.15) is 43.0 Å². The number of piperidine rings is 1. The standard InChI is InChI=1S/C19H21Cl2N3O/c20-13-2-1-3-14(21)17(13)18-15(23-24-19(18)10-4-5-10)9-25-16-7-12-6-11(16)8-22-12/h1-3,10-12,16,22H,4-9H2,(H,23,24)/t11-,12-,16+/m0/s1. The van der Waals surface area contributed by atoms with E-state index < -0.39 is 0 Å². The van der Waals surface area contributed by atoms with Gasteiger partial charge in [0.2, 0.25) is 0 Å². The maximum Gasteiger partial charge on any atom is 0.0892 e. The average Bonchev–Trinajstić information content (AvgIpc) is 3.03. The van der Waals surface area contributed by atoms with Crippen LogP contribution >= 0.6 is 23.2 Å². The molecule has 1 aliphatic heterocycles. The molecular formula is C19H21Cl2N3O. The summed E-state index contributed by atoms with van der Waals surface area (Å²) in [5.74, 6) is 1.15. The fourth-order valence-electron chi connectivity index (χ4n) is 4.35. The molecule has 2 aromatic rings. The van der Waals surface area contributed by atoms with Crippen LogP contribution in [0.3, 0.4) is 0 Å². The molecule has 1 aromatic carbocycles. The van der Waals surface area contributed by atoms with Gasteiger partial charge in [-0.15, -0.1) is 0 Å². The summed E-state index contributed by atoms with van der Waals surface area (Å²) < 4.78 is 6.28. The Morgan fingerprint density at radius 3 is 2.56 bits per heavy atom. The summed E-state index contributed by atoms with van der Waals surface area (Å²) in [6.45, 7) is 1.61. The molecule has 132 valence electrons. The van der Waals surface area contributed by atoms with Crippen LogP contribution in [0, 0.1) is 5.92 Å². The van der Waals surface area contributed by atoms with Gasteiger partial charge in [0.15, 0.2) is 0 Å². The second-order valence-electron chi connectivity index (χ2n) is 7.52. The van der Waals surface area contributed by atoms with Crippen molar-refractivity contribution in [3.63, 3.8) is 0 Å². The van der Waals surface area contributed by atoms with Crippen LogP contribution in [0.4, 0.5) is 0 Å². The van der Waals surface area contributed by atoms with Gasteiger partial charge in [-0.25, -0.2) is 0 Å². The summed E-state index contributed by atoms with van der Waals surface area (Å²) in [6, 6.07) is 6.29. The average molecular weight is 378 g/mol. The molecule has 0 spiro atoms. The first-order valence-electron chi connectivity index (χ1n) is 9.07. The van der Waals surface area contributed by atoms with E-state index in [1.807, 2.05) is 18.2 Å². The summed E-state index contributed by atoms with van der Waals surface area (Å²) in [6.07, 6.45) is 5.05. The summed E-state index contributed by atoms with van der Waals surface area (Å²) in [5, 5.41) is 12.7. The lowest BCUT2D eigenvalue weighted by molar-refractivity contribution is 0.00821. The number of aromatic nitrogens is 2. The summed E-state index contributed by atoms with van der Waals surface area (Å²) in [7, 11) is 0. The number of hydrogen-bond donors (Lipinski definition) is 2. The molecule has 2 heterocycles. The van der Waals surface area contributed by atoms with Gasteiger partial charge >= 0.3 is 0 Å². The van der Waals surface area contributed by atoms with E-state index in [4.69, 9.17) is 27.9 Å². The highest BCUT2D eigenvalue weighted by Crippen LogP contribution is 2.47. The van der Waals surface area contributed by atoms with E-state index in [2.05, 4.69) is 15.5 Å². The minimum atomic E-state index is 0.341. The molecule has 3 aliphatic rings. The van der Waals surface area contributed by atoms with Crippen LogP contribution in [0.25, 0.3) is 11.1 Å². The largest absolute Gasteiger partial charge is 0.372 e. The Morgan fingerprint density at radius 2 is 1.92 bits per heavy atom. The Kier molecular flexibility index (Phi) is 4.05. The molecule has 2 saturated carbocycles. The number of ether oxygens (including phenoxy) is 1. The molecular weight excluding hydrogens is 357 g/mol. The molecule has 1 saturated heterocycles. The van der Waals surface area contributed by atoms with Crippen LogP contribution in [0.5, 0.6) is 0 Å². The fraction of sp³-hybridized carbons (Fsp3) is 0.526. The number of aromatic amines is 1. The van der Waals surface area contributed by atoms with Crippen molar-refractivity contribution in [2.75, 3.05) is 6.54 Å². The SMILES string of the molecule is Clc1cccc(Cl)c1-c1c(C2CC2)n[nH]c1CO[C@@H]1C[C@@H]2C[C@H]1CN2. The monoisotopic (exact) mass is 377 g/mol. The molecule has 0 radical (unpaired) electrons. The van der Waals surface area contributed by atoms with E-state index in [1.54, 1.807) is 0 Å². The normalized spacial score (nSPS) is 28.0. The molecule has 2 bridgehead atoms. The van der Waals surface area contributed by atoms with E-state index in [-0.39, 0.29) is 0 Å². The number of hydrogen-bond acceptors (Lipinski definition) is 3. The van der Waals surface area contributed by atoms with Crippen molar-refractivity contribution in [2.24, 2.45) is 5.92 Å². The second-order valence-corrected chi connectivity index (χ2v) is 8.33. The van der Waals surface area contributed by atoms with Crippen molar-refractivity contribution in [3.8, 4) is 11.1 Å². The molecule has 1 aromatic heterocycles. The van der Waals surface area contributed by atoms with Gasteiger partial charge in [-0.3, -0.25) is 5.10 Å². The highest BCUT2D eigenvalue weighted by Gasteiger charge is 2.40. The van der Waals surface area contributed by atoms with Crippen molar-refractivity contribution in [1.29, 1.82) is 0 Å². The lowest BCUT2D eigenvalue weighted by atomic mass is 10.0. The van der Waals surface area contributed by atoms with Crippen LogP contribution in [0.15, 0.2) is 18.2 Å². The smallest absolute Gasteiger partial charge is 0.0892 e. The molecule has 0 unspecified atom stereocenters. The Hall–Kier alpha value is -1.07. The lowest BCUT2D eigenvalue weighted by Crippen LogP contribution is -2.34. The van der Waals surface area contributed by atoms with Gasteiger partial charge in [-0.1, -0.05) is 29.3 Å². The number of halogens is 2. The minimum absolute atomic E-state index is 0.341. The molecule has 2 N–H and O–H groups in total. The van der Waals surface area contributed by atoms with Crippen molar-refractivity contribution in [1.82, 2.24) is 15.5 Å². The zero-order valence-corrected chi connectivity index (χ0v) is 15.4. The third-order valence-electron chi connectivity index (χ3n) is 5.79. The Labute approximate surface area is 157 Å². The van der Waals surface area contributed by atoms with E-state index in [0.29, 0.717) is 40.6 Å². The van der Waals surface area contributed by atoms with Crippen molar-refractivity contribution >= 4 is 23.2 Å². The first-order chi connectivity index (χ1) is 12.2. The van der Waals surface area contributed by atoms with Gasteiger partial charge in [-0.05, 0) is 43.7 Å². The number of nitrogens with one attached hydrogen (secondary N) is 2. The van der Waals surface area contributed by atoms with Gasteiger partial charge in [-0.2, -0.15) is 5.10 Å². The highest BCUT2D eigenvalue weighted by atomic mass is 35.5. The predicted molar refractivity (Wildman–Crippen MR) is 99.1 cm³/mol. The third-order valence-corrected chi connectivity index (χ3v) is 6.42. The van der Waals surface area contributed by atoms with Gasteiger partial charge in [0, 0.05) is 29.6 Å². The maximum atomic E-state index is 6.49. The molecule has 5 rings (SSSR count). The van der Waals surface area contributed by atoms with Crippen LogP contribution < -0.4 is 5.32 Å². The molecule has 3 atom stereocenters. The quantitative estimate of drug-likeness (QED) is 0.804. The number of fused-ring (bicyclic) bond motifs is 2. The minimum Gasteiger partial charge on any atom is -0.372 e. The van der Waals surface area contributed by atoms with Crippen molar-refractivity contribution < 1.29 is 4.74 Å². The molecule has 2 aliphatic carbocycles. The first kappa shape index (κ1) is 16.1. The Bertz CT molecular complexity index is 782. The maximum absolute atomic E-state index is 6.49. The first-order valence-corrected chi connectivity index (χ1v) is 9.83. The summed E-state index contributed by atoms with van der Waals surface area (Å²) in [5.41, 5.74) is 4.02. The number of nitrogens with zero attached hydrogens (tertiary/aromatic N) is 1. The van der Waals surface area contributed by atoms with E-state index in [9.17, 15) is 0 Å². The number of H-pyrrole nitrogens is 1. The molecule has 0 amide bonds. The Balaban J connectivity index is 1.46. The van der Waals surface area contributed by atoms with Gasteiger partial charge in [0.1, 0.15) is 0 Å². The third kappa shape index (κ3) is 2.89. The molecule has 6 heteroatoms. The van der Waals surface area contributed by atoms with Crippen LogP contribution in [-0.4, -0.2) is 28.9 Å². The fourth-order valence-corrected chi connectivity index (χ4v) is 4.93.